The molecule has 0 N–H and O–H groups in total. The topological polar surface area (TPSA) is 25.8 Å². The first-order valence-electron chi connectivity index (χ1n) is 12.6. The van der Waals surface area contributed by atoms with Crippen LogP contribution in [0.2, 0.25) is 0 Å². The molecule has 0 aliphatic heterocycles. The van der Waals surface area contributed by atoms with E-state index in [1.54, 1.807) is 0 Å². The van der Waals surface area contributed by atoms with Crippen molar-refractivity contribution in [1.82, 2.24) is 9.97 Å². The van der Waals surface area contributed by atoms with Gasteiger partial charge < -0.3 is 0 Å². The number of rotatable bonds is 0. The largest absolute Gasteiger partial charge is 0.256 e. The molecule has 36 heavy (non-hydrogen) atoms. The predicted molar refractivity (Wildman–Crippen MR) is 144 cm³/mol. The Bertz CT molecular complexity index is 1890. The van der Waals surface area contributed by atoms with Crippen LogP contribution in [0.25, 0.3) is 44.4 Å². The van der Waals surface area contributed by atoms with E-state index in [9.17, 15) is 0 Å². The predicted octanol–water partition coefficient (Wildman–Crippen LogP) is 7.54. The van der Waals surface area contributed by atoms with Gasteiger partial charge in [0.15, 0.2) is 0 Å². The van der Waals surface area contributed by atoms with Crippen LogP contribution in [0.15, 0.2) is 109 Å². The lowest BCUT2D eigenvalue weighted by Crippen LogP contribution is -2.26. The summed E-state index contributed by atoms with van der Waals surface area (Å²) in [5, 5.41) is 1.24. The van der Waals surface area contributed by atoms with Gasteiger partial charge in [-0.15, -0.1) is 0 Å². The van der Waals surface area contributed by atoms with E-state index in [0.29, 0.717) is 0 Å². The van der Waals surface area contributed by atoms with Crippen LogP contribution in [0, 0.1) is 0 Å². The second-order valence-electron chi connectivity index (χ2n) is 10.1. The molecule has 1 atom stereocenters. The zero-order valence-electron chi connectivity index (χ0n) is 19.5. The van der Waals surface area contributed by atoms with Crippen molar-refractivity contribution in [3.05, 3.63) is 143 Å². The standard InChI is InChI=1S/C34H20N2/c1-3-10-27-22(7-1)26-18-21-17-20-13-14-31-24(9-5-15-35-31)32(20)25(21)19-30(26)34(27)28-11-4-2-8-23(28)33-29(34)12-6-16-36-33/h1-16,18-19H,17H2. The van der Waals surface area contributed by atoms with Crippen molar-refractivity contribution in [2.24, 2.45) is 0 Å². The molecule has 0 fully saturated rings. The van der Waals surface area contributed by atoms with Crippen molar-refractivity contribution in [3.63, 3.8) is 0 Å². The zero-order valence-corrected chi connectivity index (χ0v) is 19.5. The number of pyridine rings is 2. The fraction of sp³-hybridized carbons (Fsp3) is 0.0588. The highest BCUT2D eigenvalue weighted by molar-refractivity contribution is 6.02. The van der Waals surface area contributed by atoms with Gasteiger partial charge in [-0.3, -0.25) is 9.97 Å². The lowest BCUT2D eigenvalue weighted by Gasteiger charge is -2.30. The van der Waals surface area contributed by atoms with E-state index < -0.39 is 0 Å². The number of aromatic nitrogens is 2. The Morgan fingerprint density at radius 1 is 0.528 bits per heavy atom. The quantitative estimate of drug-likeness (QED) is 0.235. The van der Waals surface area contributed by atoms with Gasteiger partial charge in [-0.25, -0.2) is 0 Å². The first-order chi connectivity index (χ1) is 17.9. The third-order valence-corrected chi connectivity index (χ3v) is 8.59. The minimum atomic E-state index is -0.354. The molecule has 3 aliphatic rings. The van der Waals surface area contributed by atoms with Gasteiger partial charge in [0.2, 0.25) is 0 Å². The van der Waals surface area contributed by atoms with Gasteiger partial charge in [-0.1, -0.05) is 66.7 Å². The van der Waals surface area contributed by atoms with Crippen LogP contribution >= 0.6 is 0 Å². The van der Waals surface area contributed by atoms with Gasteiger partial charge in [-0.2, -0.15) is 0 Å². The molecule has 0 amide bonds. The highest BCUT2D eigenvalue weighted by atomic mass is 14.7. The molecule has 0 radical (unpaired) electrons. The number of hydrogen-bond donors (Lipinski definition) is 0. The second kappa shape index (κ2) is 6.35. The van der Waals surface area contributed by atoms with Gasteiger partial charge in [-0.05, 0) is 92.4 Å². The lowest BCUT2D eigenvalue weighted by atomic mass is 9.70. The van der Waals surface area contributed by atoms with Crippen LogP contribution < -0.4 is 0 Å². The number of fused-ring (bicyclic) bond motifs is 15. The average Bonchev–Trinajstić information content (AvgIpc) is 3.55. The van der Waals surface area contributed by atoms with E-state index >= 15 is 0 Å². The van der Waals surface area contributed by atoms with Crippen molar-refractivity contribution in [2.75, 3.05) is 0 Å². The molecule has 166 valence electrons. The Morgan fingerprint density at radius 3 is 2.19 bits per heavy atom. The zero-order chi connectivity index (χ0) is 23.4. The molecular formula is C34H20N2. The van der Waals surface area contributed by atoms with Gasteiger partial charge in [0.1, 0.15) is 0 Å². The van der Waals surface area contributed by atoms with E-state index in [2.05, 4.69) is 102 Å². The normalized spacial score (nSPS) is 17.4. The number of nitrogens with zero attached hydrogens (tertiary/aromatic N) is 2. The summed E-state index contributed by atoms with van der Waals surface area (Å²) in [5.41, 5.74) is 16.6. The molecule has 6 aromatic rings. The Hall–Kier alpha value is -4.56. The summed E-state index contributed by atoms with van der Waals surface area (Å²) >= 11 is 0. The maximum Gasteiger partial charge on any atom is 0.0753 e. The van der Waals surface area contributed by atoms with Crippen molar-refractivity contribution in [1.29, 1.82) is 0 Å². The molecule has 3 aliphatic carbocycles. The smallest absolute Gasteiger partial charge is 0.0753 e. The second-order valence-corrected chi connectivity index (χ2v) is 10.1. The van der Waals surface area contributed by atoms with Gasteiger partial charge >= 0.3 is 0 Å². The van der Waals surface area contributed by atoms with Gasteiger partial charge in [0.05, 0.1) is 16.6 Å². The highest BCUT2D eigenvalue weighted by Gasteiger charge is 2.52. The Balaban J connectivity index is 1.45. The molecule has 0 bridgehead atoms. The monoisotopic (exact) mass is 456 g/mol. The summed E-state index contributed by atoms with van der Waals surface area (Å²) in [6, 6.07) is 35.9. The molecule has 4 aromatic carbocycles. The minimum Gasteiger partial charge on any atom is -0.256 e. The fourth-order valence-electron chi connectivity index (χ4n) is 7.28. The van der Waals surface area contributed by atoms with Crippen LogP contribution in [-0.2, 0) is 11.8 Å². The van der Waals surface area contributed by atoms with E-state index in [0.717, 1.165) is 17.6 Å². The number of hydrogen-bond acceptors (Lipinski definition) is 2. The molecule has 2 aromatic heterocycles. The van der Waals surface area contributed by atoms with E-state index in [-0.39, 0.29) is 5.41 Å². The van der Waals surface area contributed by atoms with E-state index in [1.807, 2.05) is 12.4 Å². The Kier molecular flexibility index (Phi) is 3.31. The molecule has 1 spiro atoms. The third kappa shape index (κ3) is 2.02. The summed E-state index contributed by atoms with van der Waals surface area (Å²) in [6.07, 6.45) is 4.78. The molecular weight excluding hydrogens is 436 g/mol. The van der Waals surface area contributed by atoms with Crippen LogP contribution in [-0.4, -0.2) is 9.97 Å². The molecule has 1 unspecified atom stereocenters. The van der Waals surface area contributed by atoms with Crippen LogP contribution in [0.4, 0.5) is 0 Å². The minimum absolute atomic E-state index is 0.354. The first kappa shape index (κ1) is 18.7. The van der Waals surface area contributed by atoms with Crippen molar-refractivity contribution >= 4 is 10.9 Å². The summed E-state index contributed by atoms with van der Waals surface area (Å²) in [4.78, 5) is 9.57. The van der Waals surface area contributed by atoms with Crippen molar-refractivity contribution in [3.8, 4) is 33.5 Å². The van der Waals surface area contributed by atoms with E-state index in [1.165, 1.54) is 66.6 Å². The van der Waals surface area contributed by atoms with Crippen LogP contribution in [0.5, 0.6) is 0 Å². The summed E-state index contributed by atoms with van der Waals surface area (Å²) in [7, 11) is 0. The summed E-state index contributed by atoms with van der Waals surface area (Å²) in [6.45, 7) is 0. The third-order valence-electron chi connectivity index (χ3n) is 8.59. The fourth-order valence-corrected chi connectivity index (χ4v) is 7.28. The summed E-state index contributed by atoms with van der Waals surface area (Å²) < 4.78 is 0. The Morgan fingerprint density at radius 2 is 1.28 bits per heavy atom. The first-order valence-corrected chi connectivity index (χ1v) is 12.6. The average molecular weight is 457 g/mol. The maximum absolute atomic E-state index is 4.91. The SMILES string of the molecule is c1ccc2c(c1)-c1cc3c(cc1C21c2ccccc2-c2ncccc21)-c1c(ccc2ncccc12)C3. The highest BCUT2D eigenvalue weighted by Crippen LogP contribution is 2.63. The van der Waals surface area contributed by atoms with Gasteiger partial charge in [0.25, 0.3) is 0 Å². The molecule has 0 saturated carbocycles. The summed E-state index contributed by atoms with van der Waals surface area (Å²) in [5.74, 6) is 0. The van der Waals surface area contributed by atoms with Gasteiger partial charge in [0, 0.05) is 23.3 Å². The van der Waals surface area contributed by atoms with Crippen LogP contribution in [0.3, 0.4) is 0 Å². The molecule has 2 heterocycles. The molecule has 9 rings (SSSR count). The number of benzene rings is 4. The Labute approximate surface area is 208 Å². The molecule has 2 nitrogen and oxygen atoms in total. The van der Waals surface area contributed by atoms with Crippen molar-refractivity contribution < 1.29 is 0 Å². The molecule has 0 saturated heterocycles. The van der Waals surface area contributed by atoms with Crippen molar-refractivity contribution in [2.45, 2.75) is 11.8 Å². The van der Waals surface area contributed by atoms with Crippen LogP contribution in [0.1, 0.15) is 33.4 Å². The maximum atomic E-state index is 4.91. The molecule has 2 heteroatoms. The van der Waals surface area contributed by atoms with E-state index in [4.69, 9.17) is 4.98 Å². The lowest BCUT2D eigenvalue weighted by molar-refractivity contribution is 0.791.